The normalized spacial score (nSPS) is 14.5. The van der Waals surface area contributed by atoms with Crippen LogP contribution in [-0.4, -0.2) is 23.9 Å². The molecule has 3 nitrogen and oxygen atoms in total. The molecule has 0 radical (unpaired) electrons. The number of benzene rings is 1. The Morgan fingerprint density at radius 3 is 2.48 bits per heavy atom. The molecule has 0 aliphatic carbocycles. The van der Waals surface area contributed by atoms with Crippen LogP contribution in [0, 0.1) is 17.7 Å². The molecule has 0 aliphatic rings. The highest BCUT2D eigenvalue weighted by molar-refractivity contribution is 5.29. The largest absolute Gasteiger partial charge is 0.490 e. The van der Waals surface area contributed by atoms with Crippen molar-refractivity contribution in [3.8, 4) is 5.75 Å². The second-order valence-corrected chi connectivity index (χ2v) is 6.62. The van der Waals surface area contributed by atoms with E-state index >= 15 is 0 Å². The Morgan fingerprint density at radius 1 is 1.24 bits per heavy atom. The van der Waals surface area contributed by atoms with E-state index in [-0.39, 0.29) is 18.3 Å². The second-order valence-electron chi connectivity index (χ2n) is 6.62. The third-order valence-corrected chi connectivity index (χ3v) is 3.59. The molecule has 0 heterocycles. The van der Waals surface area contributed by atoms with Crippen LogP contribution in [0.25, 0.3) is 0 Å². The lowest BCUT2D eigenvalue weighted by molar-refractivity contribution is -0.0267. The van der Waals surface area contributed by atoms with Gasteiger partial charge in [0.1, 0.15) is 18.2 Å². The maximum atomic E-state index is 13.6. The van der Waals surface area contributed by atoms with Crippen molar-refractivity contribution in [2.24, 2.45) is 11.8 Å². The summed E-state index contributed by atoms with van der Waals surface area (Å²) in [5, 5.41) is 13.4. The van der Waals surface area contributed by atoms with Crippen molar-refractivity contribution in [1.82, 2.24) is 5.32 Å². The number of nitrogens with one attached hydrogen (secondary N) is 1. The maximum absolute atomic E-state index is 13.6. The van der Waals surface area contributed by atoms with Gasteiger partial charge in [-0.15, -0.1) is 0 Å². The summed E-state index contributed by atoms with van der Waals surface area (Å²) in [5.41, 5.74) is -0.0858. The van der Waals surface area contributed by atoms with E-state index in [4.69, 9.17) is 4.74 Å². The molecule has 0 amide bonds. The summed E-state index contributed by atoms with van der Waals surface area (Å²) in [4.78, 5) is 0. The SMILES string of the molecule is CC(C)CNCc1cc(F)cc(OCC(C)(O)C(C)C)c1. The zero-order chi connectivity index (χ0) is 16.0. The predicted molar refractivity (Wildman–Crippen MR) is 83.9 cm³/mol. The molecule has 2 N–H and O–H groups in total. The van der Waals surface area contributed by atoms with E-state index in [2.05, 4.69) is 19.2 Å². The second kappa shape index (κ2) is 7.76. The summed E-state index contributed by atoms with van der Waals surface area (Å²) >= 11 is 0. The molecule has 0 fully saturated rings. The van der Waals surface area contributed by atoms with Crippen LogP contribution in [0.1, 0.15) is 40.2 Å². The Hall–Kier alpha value is -1.13. The van der Waals surface area contributed by atoms with Crippen molar-refractivity contribution in [1.29, 1.82) is 0 Å². The van der Waals surface area contributed by atoms with Crippen LogP contribution in [0.3, 0.4) is 0 Å². The van der Waals surface area contributed by atoms with Gasteiger partial charge >= 0.3 is 0 Å². The number of hydrogen-bond acceptors (Lipinski definition) is 3. The minimum Gasteiger partial charge on any atom is -0.490 e. The third kappa shape index (κ3) is 6.44. The molecule has 1 unspecified atom stereocenters. The molecule has 1 rings (SSSR count). The maximum Gasteiger partial charge on any atom is 0.127 e. The first-order valence-electron chi connectivity index (χ1n) is 7.56. The van der Waals surface area contributed by atoms with Crippen molar-refractivity contribution < 1.29 is 14.2 Å². The topological polar surface area (TPSA) is 41.5 Å². The molecule has 120 valence electrons. The van der Waals surface area contributed by atoms with Gasteiger partial charge in [0.2, 0.25) is 0 Å². The Morgan fingerprint density at radius 2 is 1.90 bits per heavy atom. The van der Waals surface area contributed by atoms with Gasteiger partial charge in [-0.3, -0.25) is 0 Å². The van der Waals surface area contributed by atoms with E-state index < -0.39 is 5.60 Å². The average Bonchev–Trinajstić information content (AvgIpc) is 2.35. The molecule has 1 aromatic carbocycles. The average molecular weight is 297 g/mol. The highest BCUT2D eigenvalue weighted by Crippen LogP contribution is 2.21. The highest BCUT2D eigenvalue weighted by atomic mass is 19.1. The number of ether oxygens (including phenoxy) is 1. The van der Waals surface area contributed by atoms with Crippen LogP contribution < -0.4 is 10.1 Å². The van der Waals surface area contributed by atoms with Crippen molar-refractivity contribution in [2.45, 2.75) is 46.8 Å². The zero-order valence-electron chi connectivity index (χ0n) is 13.7. The first-order chi connectivity index (χ1) is 9.70. The Balaban J connectivity index is 2.65. The van der Waals surface area contributed by atoms with Crippen LogP contribution in [-0.2, 0) is 6.54 Å². The van der Waals surface area contributed by atoms with Crippen LogP contribution >= 0.6 is 0 Å². The molecule has 1 aromatic rings. The minimum absolute atomic E-state index is 0.0678. The quantitative estimate of drug-likeness (QED) is 0.773. The van der Waals surface area contributed by atoms with E-state index in [1.807, 2.05) is 19.9 Å². The summed E-state index contributed by atoms with van der Waals surface area (Å²) in [6, 6.07) is 4.66. The summed E-state index contributed by atoms with van der Waals surface area (Å²) in [7, 11) is 0. The Kier molecular flexibility index (Phi) is 6.62. The third-order valence-electron chi connectivity index (χ3n) is 3.59. The van der Waals surface area contributed by atoms with Gasteiger partial charge in [-0.05, 0) is 43.0 Å². The first kappa shape index (κ1) is 17.9. The minimum atomic E-state index is -0.928. The Bertz CT molecular complexity index is 444. The summed E-state index contributed by atoms with van der Waals surface area (Å²) in [5.74, 6) is 0.754. The molecule has 0 aliphatic heterocycles. The van der Waals surface area contributed by atoms with Gasteiger partial charge in [0.05, 0.1) is 5.60 Å². The summed E-state index contributed by atoms with van der Waals surface area (Å²) < 4.78 is 19.2. The van der Waals surface area contributed by atoms with Gasteiger partial charge in [0, 0.05) is 12.6 Å². The van der Waals surface area contributed by atoms with Gasteiger partial charge in [-0.25, -0.2) is 4.39 Å². The van der Waals surface area contributed by atoms with Crippen LogP contribution in [0.2, 0.25) is 0 Å². The van der Waals surface area contributed by atoms with Gasteiger partial charge in [-0.2, -0.15) is 0 Å². The molecule has 21 heavy (non-hydrogen) atoms. The monoisotopic (exact) mass is 297 g/mol. The van der Waals surface area contributed by atoms with Crippen LogP contribution in [0.4, 0.5) is 4.39 Å². The van der Waals surface area contributed by atoms with E-state index in [1.54, 1.807) is 6.92 Å². The van der Waals surface area contributed by atoms with Crippen molar-refractivity contribution in [2.75, 3.05) is 13.2 Å². The van der Waals surface area contributed by atoms with Crippen molar-refractivity contribution in [3.05, 3.63) is 29.6 Å². The lowest BCUT2D eigenvalue weighted by Gasteiger charge is -2.27. The van der Waals surface area contributed by atoms with Crippen molar-refractivity contribution in [3.63, 3.8) is 0 Å². The molecule has 0 spiro atoms. The summed E-state index contributed by atoms with van der Waals surface area (Å²) in [6.45, 7) is 11.5. The van der Waals surface area contributed by atoms with E-state index in [0.717, 1.165) is 12.1 Å². The first-order valence-corrected chi connectivity index (χ1v) is 7.56. The zero-order valence-corrected chi connectivity index (χ0v) is 13.7. The fourth-order valence-corrected chi connectivity index (χ4v) is 1.71. The standard InChI is InChI=1S/C17H28FNO2/c1-12(2)9-19-10-14-6-15(18)8-16(7-14)21-11-17(5,20)13(3)4/h6-8,12-13,19-20H,9-11H2,1-5H3. The van der Waals surface area contributed by atoms with Crippen LogP contribution in [0.5, 0.6) is 5.75 Å². The molecular formula is C17H28FNO2. The Labute approximate surface area is 127 Å². The lowest BCUT2D eigenvalue weighted by Crippen LogP contribution is -2.37. The molecule has 0 saturated heterocycles. The van der Waals surface area contributed by atoms with E-state index in [9.17, 15) is 9.50 Å². The number of aliphatic hydroxyl groups is 1. The van der Waals surface area contributed by atoms with Crippen LogP contribution in [0.15, 0.2) is 18.2 Å². The van der Waals surface area contributed by atoms with Gasteiger partial charge in [0.25, 0.3) is 0 Å². The summed E-state index contributed by atoms with van der Waals surface area (Å²) in [6.07, 6.45) is 0. The molecule has 4 heteroatoms. The predicted octanol–water partition coefficient (Wildman–Crippen LogP) is 3.36. The number of halogens is 1. The van der Waals surface area contributed by atoms with Gasteiger partial charge in [0.15, 0.2) is 0 Å². The molecule has 0 saturated carbocycles. The van der Waals surface area contributed by atoms with E-state index in [0.29, 0.717) is 18.2 Å². The molecule has 0 aromatic heterocycles. The molecular weight excluding hydrogens is 269 g/mol. The highest BCUT2D eigenvalue weighted by Gasteiger charge is 2.25. The fourth-order valence-electron chi connectivity index (χ4n) is 1.71. The lowest BCUT2D eigenvalue weighted by atomic mass is 9.94. The van der Waals surface area contributed by atoms with Gasteiger partial charge < -0.3 is 15.2 Å². The smallest absolute Gasteiger partial charge is 0.127 e. The van der Waals surface area contributed by atoms with E-state index in [1.165, 1.54) is 12.1 Å². The molecule has 0 bridgehead atoms. The number of rotatable bonds is 8. The molecule has 1 atom stereocenters. The van der Waals surface area contributed by atoms with Gasteiger partial charge in [-0.1, -0.05) is 27.7 Å². The number of hydrogen-bond donors (Lipinski definition) is 2. The fraction of sp³-hybridized carbons (Fsp3) is 0.647. The van der Waals surface area contributed by atoms with Crippen molar-refractivity contribution >= 4 is 0 Å².